The third kappa shape index (κ3) is 2.73. The fourth-order valence-corrected chi connectivity index (χ4v) is 2.91. The van der Waals surface area contributed by atoms with Gasteiger partial charge in [0.25, 0.3) is 5.91 Å². The number of nitrogens with zero attached hydrogens (tertiary/aromatic N) is 5. The van der Waals surface area contributed by atoms with Crippen LogP contribution in [0.1, 0.15) is 47.6 Å². The average molecular weight is 322 g/mol. The number of pyridine rings is 1. The Balaban J connectivity index is 1.73. The van der Waals surface area contributed by atoms with Crippen LogP contribution in [-0.4, -0.2) is 43.0 Å². The summed E-state index contributed by atoms with van der Waals surface area (Å²) < 4.78 is 0. The number of rotatable bonds is 5. The molecule has 0 saturated heterocycles. The number of tetrazole rings is 1. The number of benzene rings is 1. The number of hydrogen-bond acceptors (Lipinski definition) is 5. The van der Waals surface area contributed by atoms with Crippen LogP contribution in [-0.2, 0) is 6.54 Å². The van der Waals surface area contributed by atoms with Gasteiger partial charge < -0.3 is 4.90 Å². The minimum atomic E-state index is -0.0741. The van der Waals surface area contributed by atoms with Gasteiger partial charge in [-0.1, -0.05) is 23.4 Å². The molecule has 122 valence electrons. The second kappa shape index (κ2) is 5.99. The van der Waals surface area contributed by atoms with Gasteiger partial charge in [0.2, 0.25) is 0 Å². The Labute approximate surface area is 139 Å². The Morgan fingerprint density at radius 2 is 2.17 bits per heavy atom. The van der Waals surface area contributed by atoms with Crippen molar-refractivity contribution in [3.63, 3.8) is 0 Å². The Hall–Kier alpha value is -2.83. The predicted octanol–water partition coefficient (Wildman–Crippen LogP) is 2.29. The lowest BCUT2D eigenvalue weighted by atomic mass is 10.0. The predicted molar refractivity (Wildman–Crippen MR) is 88.3 cm³/mol. The Bertz CT molecular complexity index is 872. The highest BCUT2D eigenvalue weighted by Gasteiger charge is 2.31. The highest BCUT2D eigenvalue weighted by atomic mass is 16.2. The zero-order valence-electron chi connectivity index (χ0n) is 13.4. The SMILES string of the molecule is CCN(Cc1nn[nH]n1)C(=O)c1nc2ccccc2cc1C1CC1. The first-order chi connectivity index (χ1) is 11.8. The zero-order valence-corrected chi connectivity index (χ0v) is 13.4. The van der Waals surface area contributed by atoms with Crippen molar-refractivity contribution in [1.82, 2.24) is 30.5 Å². The van der Waals surface area contributed by atoms with Gasteiger partial charge in [-0.25, -0.2) is 4.98 Å². The number of aromatic nitrogens is 5. The summed E-state index contributed by atoms with van der Waals surface area (Å²) in [5.41, 5.74) is 2.47. The summed E-state index contributed by atoms with van der Waals surface area (Å²) in [7, 11) is 0. The molecule has 1 aliphatic rings. The summed E-state index contributed by atoms with van der Waals surface area (Å²) in [6, 6.07) is 10.0. The summed E-state index contributed by atoms with van der Waals surface area (Å²) in [5.74, 6) is 0.874. The van der Waals surface area contributed by atoms with E-state index in [1.54, 1.807) is 4.90 Å². The highest BCUT2D eigenvalue weighted by molar-refractivity contribution is 5.97. The van der Waals surface area contributed by atoms with Crippen molar-refractivity contribution in [2.45, 2.75) is 32.2 Å². The molecule has 2 heterocycles. The first kappa shape index (κ1) is 14.7. The van der Waals surface area contributed by atoms with Crippen LogP contribution >= 0.6 is 0 Å². The molecule has 1 aliphatic carbocycles. The van der Waals surface area contributed by atoms with Crippen molar-refractivity contribution in [3.8, 4) is 0 Å². The Morgan fingerprint density at radius 3 is 2.88 bits per heavy atom. The summed E-state index contributed by atoms with van der Waals surface area (Å²) in [6.45, 7) is 2.83. The molecule has 3 aromatic rings. The summed E-state index contributed by atoms with van der Waals surface area (Å²) >= 11 is 0. The van der Waals surface area contributed by atoms with Gasteiger partial charge in [0.15, 0.2) is 5.82 Å². The number of carbonyl (C=O) groups is 1. The largest absolute Gasteiger partial charge is 0.330 e. The van der Waals surface area contributed by atoms with Crippen molar-refractivity contribution in [1.29, 1.82) is 0 Å². The molecule has 0 unspecified atom stereocenters. The van der Waals surface area contributed by atoms with E-state index < -0.39 is 0 Å². The monoisotopic (exact) mass is 322 g/mol. The highest BCUT2D eigenvalue weighted by Crippen LogP contribution is 2.42. The summed E-state index contributed by atoms with van der Waals surface area (Å²) in [4.78, 5) is 19.5. The molecule has 7 nitrogen and oxygen atoms in total. The molecule has 0 atom stereocenters. The minimum Gasteiger partial charge on any atom is -0.330 e. The number of carbonyl (C=O) groups excluding carboxylic acids is 1. The van der Waals surface area contributed by atoms with Crippen molar-refractivity contribution >= 4 is 16.8 Å². The van der Waals surface area contributed by atoms with E-state index in [1.807, 2.05) is 31.2 Å². The molecule has 1 fully saturated rings. The summed E-state index contributed by atoms with van der Waals surface area (Å²) in [6.07, 6.45) is 2.24. The van der Waals surface area contributed by atoms with E-state index in [0.29, 0.717) is 30.5 Å². The second-order valence-electron chi connectivity index (χ2n) is 6.04. The van der Waals surface area contributed by atoms with Crippen molar-refractivity contribution < 1.29 is 4.79 Å². The van der Waals surface area contributed by atoms with Crippen LogP contribution in [0.15, 0.2) is 30.3 Å². The minimum absolute atomic E-state index is 0.0741. The fourth-order valence-electron chi connectivity index (χ4n) is 2.91. The molecule has 4 rings (SSSR count). The quantitative estimate of drug-likeness (QED) is 0.778. The molecule has 0 spiro atoms. The molecular weight excluding hydrogens is 304 g/mol. The van der Waals surface area contributed by atoms with Crippen LogP contribution in [0.2, 0.25) is 0 Å². The van der Waals surface area contributed by atoms with Gasteiger partial charge in [0.05, 0.1) is 12.1 Å². The Morgan fingerprint density at radius 1 is 1.33 bits per heavy atom. The zero-order chi connectivity index (χ0) is 16.5. The van der Waals surface area contributed by atoms with Crippen molar-refractivity contribution in [2.75, 3.05) is 6.54 Å². The van der Waals surface area contributed by atoms with Crippen LogP contribution in [0.25, 0.3) is 10.9 Å². The summed E-state index contributed by atoms with van der Waals surface area (Å²) in [5, 5.41) is 14.9. The smallest absolute Gasteiger partial charge is 0.273 e. The van der Waals surface area contributed by atoms with Gasteiger partial charge in [0.1, 0.15) is 5.69 Å². The van der Waals surface area contributed by atoms with E-state index >= 15 is 0 Å². The second-order valence-corrected chi connectivity index (χ2v) is 6.04. The molecule has 1 saturated carbocycles. The molecule has 24 heavy (non-hydrogen) atoms. The molecule has 1 aromatic carbocycles. The lowest BCUT2D eigenvalue weighted by molar-refractivity contribution is 0.0741. The molecule has 0 bridgehead atoms. The topological polar surface area (TPSA) is 87.7 Å². The lowest BCUT2D eigenvalue weighted by Crippen LogP contribution is -2.32. The molecule has 1 N–H and O–H groups in total. The molecule has 7 heteroatoms. The molecule has 1 amide bonds. The van der Waals surface area contributed by atoms with Gasteiger partial charge >= 0.3 is 0 Å². The van der Waals surface area contributed by atoms with Gasteiger partial charge in [-0.05, 0) is 43.4 Å². The van der Waals surface area contributed by atoms with Crippen molar-refractivity contribution in [2.24, 2.45) is 0 Å². The molecule has 0 radical (unpaired) electrons. The van der Waals surface area contributed by atoms with Crippen LogP contribution in [0.4, 0.5) is 0 Å². The van der Waals surface area contributed by atoms with Gasteiger partial charge in [-0.3, -0.25) is 4.79 Å². The molecule has 0 aliphatic heterocycles. The van der Waals surface area contributed by atoms with Crippen LogP contribution in [0.3, 0.4) is 0 Å². The number of nitrogens with one attached hydrogen (secondary N) is 1. The van der Waals surface area contributed by atoms with Crippen LogP contribution in [0.5, 0.6) is 0 Å². The Kier molecular flexibility index (Phi) is 3.68. The number of H-pyrrole nitrogens is 1. The number of amides is 1. The van der Waals surface area contributed by atoms with E-state index in [1.165, 1.54) is 0 Å². The third-order valence-electron chi connectivity index (χ3n) is 4.36. The van der Waals surface area contributed by atoms with E-state index in [2.05, 4.69) is 31.7 Å². The first-order valence-corrected chi connectivity index (χ1v) is 8.17. The fraction of sp³-hybridized carbons (Fsp3) is 0.353. The van der Waals surface area contributed by atoms with Gasteiger partial charge in [-0.15, -0.1) is 10.2 Å². The van der Waals surface area contributed by atoms with Crippen molar-refractivity contribution in [3.05, 3.63) is 47.4 Å². The molecular formula is C17H18N6O. The maximum atomic E-state index is 13.1. The number of para-hydroxylation sites is 1. The number of hydrogen-bond donors (Lipinski definition) is 1. The maximum Gasteiger partial charge on any atom is 0.273 e. The van der Waals surface area contributed by atoms with E-state index in [4.69, 9.17) is 0 Å². The normalized spacial score (nSPS) is 14.0. The van der Waals surface area contributed by atoms with Gasteiger partial charge in [-0.2, -0.15) is 5.21 Å². The standard InChI is InChI=1S/C17H18N6O/c1-2-23(10-15-19-21-22-20-15)17(24)16-13(11-7-8-11)9-12-5-3-4-6-14(12)18-16/h3-6,9,11H,2,7-8,10H2,1H3,(H,19,20,21,22). The first-order valence-electron chi connectivity index (χ1n) is 8.17. The lowest BCUT2D eigenvalue weighted by Gasteiger charge is -2.20. The van der Waals surface area contributed by atoms with Gasteiger partial charge in [0, 0.05) is 11.9 Å². The third-order valence-corrected chi connectivity index (χ3v) is 4.36. The van der Waals surface area contributed by atoms with E-state index in [0.717, 1.165) is 29.3 Å². The average Bonchev–Trinajstić information content (AvgIpc) is 3.34. The maximum absolute atomic E-state index is 13.1. The number of aromatic amines is 1. The number of fused-ring (bicyclic) bond motifs is 1. The molecule has 2 aromatic heterocycles. The van der Waals surface area contributed by atoms with E-state index in [9.17, 15) is 4.79 Å². The van der Waals surface area contributed by atoms with Crippen LogP contribution < -0.4 is 0 Å². The van der Waals surface area contributed by atoms with Crippen LogP contribution in [0, 0.1) is 0 Å². The van der Waals surface area contributed by atoms with E-state index in [-0.39, 0.29) is 5.91 Å².